The Hall–Kier alpha value is -1.49. The second kappa shape index (κ2) is 13.0. The van der Waals surface area contributed by atoms with Crippen LogP contribution in [0.5, 0.6) is 0 Å². The van der Waals surface area contributed by atoms with Crippen molar-refractivity contribution in [2.24, 2.45) is 28.8 Å². The van der Waals surface area contributed by atoms with Gasteiger partial charge in [0.1, 0.15) is 6.10 Å². The van der Waals surface area contributed by atoms with Crippen LogP contribution in [0.1, 0.15) is 73.7 Å². The van der Waals surface area contributed by atoms with Crippen molar-refractivity contribution in [2.45, 2.75) is 129 Å². The minimum atomic E-state index is -2.26. The van der Waals surface area contributed by atoms with Gasteiger partial charge in [0.05, 0.1) is 31.0 Å². The Balaban J connectivity index is 1.49. The van der Waals surface area contributed by atoms with Crippen LogP contribution in [0.2, 0.25) is 18.1 Å². The third-order valence-electron chi connectivity index (χ3n) is 10.5. The molecule has 9 nitrogen and oxygen atoms in total. The second-order valence-corrected chi connectivity index (χ2v) is 18.1. The summed E-state index contributed by atoms with van der Waals surface area (Å²) in [6.45, 7) is 22.4. The third kappa shape index (κ3) is 6.55. The number of nitrogens with zero attached hydrogens (tertiary/aromatic N) is 3. The average Bonchev–Trinajstić information content (AvgIpc) is 2.94. The van der Waals surface area contributed by atoms with E-state index in [9.17, 15) is 5.53 Å². The lowest BCUT2D eigenvalue weighted by Gasteiger charge is -2.52. The molecule has 41 heavy (non-hydrogen) atoms. The van der Waals surface area contributed by atoms with Crippen molar-refractivity contribution >= 4 is 8.32 Å². The lowest BCUT2D eigenvalue weighted by Crippen LogP contribution is -2.61. The summed E-state index contributed by atoms with van der Waals surface area (Å²) in [5.74, 6) is 0.558. The van der Waals surface area contributed by atoms with E-state index in [0.29, 0.717) is 12.5 Å². The quantitative estimate of drug-likeness (QED) is 0.127. The van der Waals surface area contributed by atoms with Crippen LogP contribution in [0, 0.1) is 23.7 Å². The Morgan fingerprint density at radius 2 is 1.71 bits per heavy atom. The predicted molar refractivity (Wildman–Crippen MR) is 160 cm³/mol. The predicted octanol–water partition coefficient (Wildman–Crippen LogP) is 7.59. The first-order valence-corrected chi connectivity index (χ1v) is 18.2. The molecule has 230 valence electrons. The summed E-state index contributed by atoms with van der Waals surface area (Å²) in [7, 11) is -2.26. The zero-order valence-electron chi connectivity index (χ0n) is 26.5. The summed E-state index contributed by atoms with van der Waals surface area (Å²) in [5.41, 5.74) is 10.5. The van der Waals surface area contributed by atoms with E-state index in [2.05, 4.69) is 78.5 Å². The first-order chi connectivity index (χ1) is 19.3. The van der Waals surface area contributed by atoms with E-state index in [1.807, 2.05) is 30.3 Å². The summed E-state index contributed by atoms with van der Waals surface area (Å²) in [4.78, 5) is 3.19. The molecular formula is C31H51N3O6Si. The minimum Gasteiger partial charge on any atom is -0.392 e. The molecule has 0 saturated carbocycles. The van der Waals surface area contributed by atoms with Crippen molar-refractivity contribution in [3.8, 4) is 0 Å². The van der Waals surface area contributed by atoms with Crippen LogP contribution in [-0.4, -0.2) is 58.0 Å². The number of rotatable bonds is 9. The van der Waals surface area contributed by atoms with Gasteiger partial charge in [-0.05, 0) is 47.8 Å². The van der Waals surface area contributed by atoms with E-state index in [0.717, 1.165) is 12.0 Å². The van der Waals surface area contributed by atoms with Gasteiger partial charge in [0, 0.05) is 16.4 Å². The number of azide groups is 1. The van der Waals surface area contributed by atoms with Crippen LogP contribution in [0.15, 0.2) is 35.4 Å². The number of hydrogen-bond donors (Lipinski definition) is 0. The second-order valence-electron chi connectivity index (χ2n) is 13.5. The Kier molecular flexibility index (Phi) is 10.3. The third-order valence-corrected chi connectivity index (χ3v) is 15.0. The summed E-state index contributed by atoms with van der Waals surface area (Å²) in [5, 5.41) is 4.20. The van der Waals surface area contributed by atoms with Crippen molar-refractivity contribution in [2.75, 3.05) is 6.61 Å². The van der Waals surface area contributed by atoms with Gasteiger partial charge in [0.15, 0.2) is 27.2 Å². The Labute approximate surface area is 247 Å². The molecule has 1 aromatic rings. The summed E-state index contributed by atoms with van der Waals surface area (Å²) in [6, 6.07) is 9.50. The van der Waals surface area contributed by atoms with Crippen molar-refractivity contribution < 1.29 is 28.1 Å². The van der Waals surface area contributed by atoms with Crippen LogP contribution < -0.4 is 0 Å². The van der Waals surface area contributed by atoms with E-state index in [4.69, 9.17) is 28.1 Å². The smallest absolute Gasteiger partial charge is 0.196 e. The van der Waals surface area contributed by atoms with Crippen LogP contribution in [0.4, 0.5) is 0 Å². The fourth-order valence-electron chi connectivity index (χ4n) is 6.17. The van der Waals surface area contributed by atoms with E-state index in [-0.39, 0.29) is 47.2 Å². The molecule has 0 radical (unpaired) electrons. The zero-order chi connectivity index (χ0) is 30.1. The summed E-state index contributed by atoms with van der Waals surface area (Å²) < 4.78 is 39.2. The standard InChI is InChI=1S/C31H51N3O6Si/c1-11-23-27(21(6)25(33-34-32)30(36-23)40-41(9,10)31(7,8)18(2)3)38-28-20(5)19(4)26-24(37-28)17-35-29(39-26)22-15-13-12-14-16-22/h12-16,18-21,23-30H,11,17H2,1-10H3/t19-,20?,21-,23?,24?,25?,26+,27+,28+,29?,30+/m1/s1. The molecule has 3 heterocycles. The molecule has 0 amide bonds. The largest absolute Gasteiger partial charge is 0.392 e. The molecular weight excluding hydrogens is 538 g/mol. The molecule has 1 aromatic carbocycles. The molecule has 3 saturated heterocycles. The molecule has 4 rings (SSSR count). The molecule has 3 aliphatic rings. The van der Waals surface area contributed by atoms with Crippen molar-refractivity contribution in [1.29, 1.82) is 0 Å². The highest BCUT2D eigenvalue weighted by Gasteiger charge is 2.53. The zero-order valence-corrected chi connectivity index (χ0v) is 27.5. The highest BCUT2D eigenvalue weighted by molar-refractivity contribution is 6.74. The lowest BCUT2D eigenvalue weighted by atomic mass is 9.83. The van der Waals surface area contributed by atoms with E-state index >= 15 is 0 Å². The van der Waals surface area contributed by atoms with Gasteiger partial charge in [-0.1, -0.05) is 90.8 Å². The van der Waals surface area contributed by atoms with Crippen LogP contribution >= 0.6 is 0 Å². The molecule has 0 spiro atoms. The molecule has 3 fully saturated rings. The first-order valence-electron chi connectivity index (χ1n) is 15.3. The van der Waals surface area contributed by atoms with E-state index in [1.54, 1.807) is 0 Å². The molecule has 3 aliphatic heterocycles. The molecule has 0 N–H and O–H groups in total. The molecule has 11 atom stereocenters. The molecule has 0 aliphatic carbocycles. The van der Waals surface area contributed by atoms with Gasteiger partial charge >= 0.3 is 0 Å². The Morgan fingerprint density at radius 1 is 1.02 bits per heavy atom. The highest BCUT2D eigenvalue weighted by Crippen LogP contribution is 2.47. The van der Waals surface area contributed by atoms with Crippen LogP contribution in [-0.2, 0) is 28.1 Å². The Morgan fingerprint density at radius 3 is 2.32 bits per heavy atom. The lowest BCUT2D eigenvalue weighted by molar-refractivity contribution is -0.360. The maximum absolute atomic E-state index is 9.51. The van der Waals surface area contributed by atoms with Gasteiger partial charge in [-0.25, -0.2) is 0 Å². The van der Waals surface area contributed by atoms with Gasteiger partial charge in [-0.15, -0.1) is 0 Å². The van der Waals surface area contributed by atoms with E-state index < -0.39 is 33.2 Å². The van der Waals surface area contributed by atoms with Crippen molar-refractivity contribution in [1.82, 2.24) is 0 Å². The first kappa shape index (κ1) is 32.4. The van der Waals surface area contributed by atoms with Gasteiger partial charge in [-0.3, -0.25) is 0 Å². The minimum absolute atomic E-state index is 0.00271. The van der Waals surface area contributed by atoms with Crippen molar-refractivity contribution in [3.63, 3.8) is 0 Å². The fraction of sp³-hybridized carbons (Fsp3) is 0.806. The topological polar surface area (TPSA) is 104 Å². The van der Waals surface area contributed by atoms with Gasteiger partial charge in [0.2, 0.25) is 0 Å². The highest BCUT2D eigenvalue weighted by atomic mass is 28.4. The number of hydrogen-bond acceptors (Lipinski definition) is 7. The van der Waals surface area contributed by atoms with Crippen LogP contribution in [0.3, 0.4) is 0 Å². The molecule has 0 aromatic heterocycles. The maximum atomic E-state index is 9.51. The average molecular weight is 590 g/mol. The summed E-state index contributed by atoms with van der Waals surface area (Å²) >= 11 is 0. The number of benzene rings is 1. The monoisotopic (exact) mass is 589 g/mol. The van der Waals surface area contributed by atoms with Gasteiger partial charge in [0.25, 0.3) is 0 Å². The molecule has 5 unspecified atom stereocenters. The summed E-state index contributed by atoms with van der Waals surface area (Å²) in [6.07, 6.45) is -1.63. The number of fused-ring (bicyclic) bond motifs is 1. The fourth-order valence-corrected chi connectivity index (χ4v) is 8.64. The van der Waals surface area contributed by atoms with Gasteiger partial charge in [-0.2, -0.15) is 0 Å². The molecule has 0 bridgehead atoms. The Bertz CT molecular complexity index is 1050. The maximum Gasteiger partial charge on any atom is 0.196 e. The normalized spacial score (nSPS) is 38.3. The van der Waals surface area contributed by atoms with E-state index in [1.165, 1.54) is 0 Å². The SMILES string of the molecule is CCC1O[C@@H](O[Si](C)(C)C(C)(C)C(C)C)C(N=[N+]=[N-])[C@@H](C)[C@@H]1O[C@@H]1OC2COC(c3ccccc3)O[C@H]2[C@H](C)C1C. The van der Waals surface area contributed by atoms with Crippen molar-refractivity contribution in [3.05, 3.63) is 46.3 Å². The van der Waals surface area contributed by atoms with Gasteiger partial charge < -0.3 is 28.1 Å². The number of ether oxygens (including phenoxy) is 5. The molecule has 10 heteroatoms. The van der Waals surface area contributed by atoms with Crippen LogP contribution in [0.25, 0.3) is 10.4 Å².